The van der Waals surface area contributed by atoms with Gasteiger partial charge in [0.15, 0.2) is 0 Å². The molecule has 7 heteroatoms. The molecule has 0 aromatic carbocycles. The molecule has 0 saturated carbocycles. The Morgan fingerprint density at radius 3 is 2.77 bits per heavy atom. The monoisotopic (exact) mass is 306 g/mol. The molecule has 120 valence electrons. The molecule has 0 spiro atoms. The van der Waals surface area contributed by atoms with E-state index in [1.807, 2.05) is 4.90 Å². The zero-order valence-corrected chi connectivity index (χ0v) is 12.9. The van der Waals surface area contributed by atoms with Gasteiger partial charge in [-0.1, -0.05) is 13.3 Å². The highest BCUT2D eigenvalue weighted by molar-refractivity contribution is 5.76. The molecule has 0 N–H and O–H groups in total. The molecule has 1 aliphatic rings. The van der Waals surface area contributed by atoms with E-state index in [9.17, 15) is 14.9 Å². The van der Waals surface area contributed by atoms with E-state index in [0.29, 0.717) is 19.5 Å². The SMILES string of the molecule is CCCCC(=O)N1CCCN(c2ccc([N+](=O)[O-])cn2)CC1. The maximum atomic E-state index is 12.1. The summed E-state index contributed by atoms with van der Waals surface area (Å²) in [6.07, 6.45) is 4.74. The van der Waals surface area contributed by atoms with Gasteiger partial charge in [-0.25, -0.2) is 4.98 Å². The van der Waals surface area contributed by atoms with Crippen molar-refractivity contribution in [2.45, 2.75) is 32.6 Å². The number of anilines is 1. The highest BCUT2D eigenvalue weighted by Crippen LogP contribution is 2.17. The second-order valence-corrected chi connectivity index (χ2v) is 5.46. The van der Waals surface area contributed by atoms with E-state index >= 15 is 0 Å². The third-order valence-corrected chi connectivity index (χ3v) is 3.86. The molecule has 1 aliphatic heterocycles. The van der Waals surface area contributed by atoms with Gasteiger partial charge in [0.05, 0.1) is 4.92 Å². The summed E-state index contributed by atoms with van der Waals surface area (Å²) in [5.74, 6) is 0.953. The van der Waals surface area contributed by atoms with Crippen LogP contribution in [0.4, 0.5) is 11.5 Å². The van der Waals surface area contributed by atoms with E-state index < -0.39 is 4.92 Å². The van der Waals surface area contributed by atoms with Gasteiger partial charge in [0, 0.05) is 38.7 Å². The standard InChI is InChI=1S/C15H22N4O3/c1-2-3-5-15(20)18-9-4-8-17(10-11-18)14-7-6-13(12-16-14)19(21)22/h6-7,12H,2-5,8-11H2,1H3. The van der Waals surface area contributed by atoms with Gasteiger partial charge in [0.2, 0.25) is 5.91 Å². The molecule has 0 radical (unpaired) electrons. The Labute approximate surface area is 130 Å². The molecule has 0 unspecified atom stereocenters. The highest BCUT2D eigenvalue weighted by atomic mass is 16.6. The molecule has 0 bridgehead atoms. The second kappa shape index (κ2) is 7.72. The van der Waals surface area contributed by atoms with Gasteiger partial charge in [0.1, 0.15) is 12.0 Å². The molecule has 0 aliphatic carbocycles. The van der Waals surface area contributed by atoms with Gasteiger partial charge >= 0.3 is 0 Å². The molecule has 1 amide bonds. The summed E-state index contributed by atoms with van der Waals surface area (Å²) in [7, 11) is 0. The molecular weight excluding hydrogens is 284 g/mol. The zero-order valence-electron chi connectivity index (χ0n) is 12.9. The number of hydrogen-bond donors (Lipinski definition) is 0. The van der Waals surface area contributed by atoms with Crippen LogP contribution < -0.4 is 4.90 Å². The van der Waals surface area contributed by atoms with Crippen molar-refractivity contribution in [3.63, 3.8) is 0 Å². The number of aromatic nitrogens is 1. The highest BCUT2D eigenvalue weighted by Gasteiger charge is 2.19. The predicted molar refractivity (Wildman–Crippen MR) is 83.8 cm³/mol. The van der Waals surface area contributed by atoms with Gasteiger partial charge < -0.3 is 9.80 Å². The third kappa shape index (κ3) is 4.16. The van der Waals surface area contributed by atoms with Crippen LogP contribution in [-0.4, -0.2) is 46.9 Å². The quantitative estimate of drug-likeness (QED) is 0.615. The van der Waals surface area contributed by atoms with E-state index in [4.69, 9.17) is 0 Å². The molecule has 1 saturated heterocycles. The van der Waals surface area contributed by atoms with Gasteiger partial charge in [-0.3, -0.25) is 14.9 Å². The minimum absolute atomic E-state index is 0.00468. The number of amides is 1. The first-order valence-electron chi connectivity index (χ1n) is 7.75. The van der Waals surface area contributed by atoms with Gasteiger partial charge in [-0.15, -0.1) is 0 Å². The Hall–Kier alpha value is -2.18. The Morgan fingerprint density at radius 1 is 1.32 bits per heavy atom. The van der Waals surface area contributed by atoms with Crippen molar-refractivity contribution in [1.82, 2.24) is 9.88 Å². The summed E-state index contributed by atoms with van der Waals surface area (Å²) >= 11 is 0. The Kier molecular flexibility index (Phi) is 5.68. The maximum Gasteiger partial charge on any atom is 0.287 e. The third-order valence-electron chi connectivity index (χ3n) is 3.86. The summed E-state index contributed by atoms with van der Waals surface area (Å²) in [6, 6.07) is 3.14. The first-order valence-corrected chi connectivity index (χ1v) is 7.75. The van der Waals surface area contributed by atoms with Crippen LogP contribution in [-0.2, 0) is 4.79 Å². The van der Waals surface area contributed by atoms with Gasteiger partial charge in [-0.2, -0.15) is 0 Å². The predicted octanol–water partition coefficient (Wildman–Crippen LogP) is 2.22. The second-order valence-electron chi connectivity index (χ2n) is 5.46. The van der Waals surface area contributed by atoms with Crippen molar-refractivity contribution < 1.29 is 9.72 Å². The fourth-order valence-corrected chi connectivity index (χ4v) is 2.56. The van der Waals surface area contributed by atoms with Crippen LogP contribution in [0, 0.1) is 10.1 Å². The van der Waals surface area contributed by atoms with E-state index in [0.717, 1.165) is 38.2 Å². The van der Waals surface area contributed by atoms with Crippen LogP contribution in [0.15, 0.2) is 18.3 Å². The molecule has 2 rings (SSSR count). The molecule has 2 heterocycles. The lowest BCUT2D eigenvalue weighted by Gasteiger charge is -2.22. The lowest BCUT2D eigenvalue weighted by atomic mass is 10.2. The molecule has 1 aromatic heterocycles. The molecule has 22 heavy (non-hydrogen) atoms. The molecule has 1 aromatic rings. The smallest absolute Gasteiger partial charge is 0.287 e. The van der Waals surface area contributed by atoms with Crippen LogP contribution >= 0.6 is 0 Å². The maximum absolute atomic E-state index is 12.1. The number of nitrogens with zero attached hydrogens (tertiary/aromatic N) is 4. The normalized spacial score (nSPS) is 15.5. The Balaban J connectivity index is 1.95. The van der Waals surface area contributed by atoms with Crippen molar-refractivity contribution >= 4 is 17.4 Å². The molecule has 0 atom stereocenters. The number of unbranched alkanes of at least 4 members (excludes halogenated alkanes) is 1. The van der Waals surface area contributed by atoms with Crippen molar-refractivity contribution in [3.8, 4) is 0 Å². The van der Waals surface area contributed by atoms with Crippen molar-refractivity contribution in [2.75, 3.05) is 31.1 Å². The minimum atomic E-state index is -0.451. The minimum Gasteiger partial charge on any atom is -0.355 e. The van der Waals surface area contributed by atoms with E-state index in [1.54, 1.807) is 6.07 Å². The first kappa shape index (κ1) is 16.2. The Bertz CT molecular complexity index is 518. The van der Waals surface area contributed by atoms with E-state index in [-0.39, 0.29) is 11.6 Å². The van der Waals surface area contributed by atoms with Gasteiger partial charge in [-0.05, 0) is 18.9 Å². The fraction of sp³-hybridized carbons (Fsp3) is 0.600. The lowest BCUT2D eigenvalue weighted by Crippen LogP contribution is -2.35. The summed E-state index contributed by atoms with van der Waals surface area (Å²) in [4.78, 5) is 30.5. The molecule has 7 nitrogen and oxygen atoms in total. The van der Waals surface area contributed by atoms with Crippen molar-refractivity contribution in [2.24, 2.45) is 0 Å². The number of carbonyl (C=O) groups is 1. The number of nitro groups is 1. The van der Waals surface area contributed by atoms with Crippen LogP contribution in [0.2, 0.25) is 0 Å². The number of hydrogen-bond acceptors (Lipinski definition) is 5. The topological polar surface area (TPSA) is 79.6 Å². The average Bonchev–Trinajstić information content (AvgIpc) is 2.78. The van der Waals surface area contributed by atoms with Gasteiger partial charge in [0.25, 0.3) is 5.69 Å². The van der Waals surface area contributed by atoms with Crippen LogP contribution in [0.3, 0.4) is 0 Å². The first-order chi connectivity index (χ1) is 10.6. The number of pyridine rings is 1. The van der Waals surface area contributed by atoms with Crippen molar-refractivity contribution in [3.05, 3.63) is 28.4 Å². The summed E-state index contributed by atoms with van der Waals surface area (Å²) in [5, 5.41) is 10.7. The van der Waals surface area contributed by atoms with Crippen LogP contribution in [0.25, 0.3) is 0 Å². The number of rotatable bonds is 5. The Morgan fingerprint density at radius 2 is 2.14 bits per heavy atom. The fourth-order valence-electron chi connectivity index (χ4n) is 2.56. The largest absolute Gasteiger partial charge is 0.355 e. The van der Waals surface area contributed by atoms with Crippen LogP contribution in [0.5, 0.6) is 0 Å². The summed E-state index contributed by atoms with van der Waals surface area (Å²) in [5.41, 5.74) is -0.00468. The summed E-state index contributed by atoms with van der Waals surface area (Å²) < 4.78 is 0. The molecule has 1 fully saturated rings. The van der Waals surface area contributed by atoms with E-state index in [1.165, 1.54) is 12.3 Å². The zero-order chi connectivity index (χ0) is 15.9. The summed E-state index contributed by atoms with van der Waals surface area (Å²) in [6.45, 7) is 5.05. The molecular formula is C15H22N4O3. The van der Waals surface area contributed by atoms with Crippen molar-refractivity contribution in [1.29, 1.82) is 0 Å². The average molecular weight is 306 g/mol. The lowest BCUT2D eigenvalue weighted by molar-refractivity contribution is -0.385. The van der Waals surface area contributed by atoms with E-state index in [2.05, 4.69) is 16.8 Å². The number of carbonyl (C=O) groups excluding carboxylic acids is 1. The van der Waals surface area contributed by atoms with Crippen LogP contribution in [0.1, 0.15) is 32.6 Å².